The Morgan fingerprint density at radius 1 is 0.355 bits per heavy atom. The molecule has 4 aromatic heterocycles. The molecule has 0 saturated carbocycles. The van der Waals surface area contributed by atoms with Gasteiger partial charge >= 0.3 is 20.4 Å². The van der Waals surface area contributed by atoms with E-state index in [0.29, 0.717) is 0 Å². The molecule has 0 bridgehead atoms. The van der Waals surface area contributed by atoms with Gasteiger partial charge in [-0.15, -0.1) is 0 Å². The largest absolute Gasteiger partial charge is 2.00 e. The number of halogens is 2. The smallest absolute Gasteiger partial charge is 1.00 e. The minimum absolute atomic E-state index is 0. The number of aromatic nitrogens is 4. The number of fused-ring (bicyclic) bond motifs is 6. The Hall–Kier alpha value is -2.68. The van der Waals surface area contributed by atoms with Crippen LogP contribution in [-0.2, 0) is 20.4 Å². The number of benzene rings is 2. The van der Waals surface area contributed by atoms with Gasteiger partial charge in [-0.1, -0.05) is 48.5 Å². The standard InChI is InChI=1S/2C12H8N2.2ClH.Pd/c2*1-3-9-5-6-10-4-2-8-14-12(10)11(9)13-7-1;;;/h2*1-8H;2*1H;/q;;;;+2/p-2. The van der Waals surface area contributed by atoms with Crippen molar-refractivity contribution in [1.29, 1.82) is 0 Å². The average Bonchev–Trinajstić information content (AvgIpc) is 2.79. The van der Waals surface area contributed by atoms with Gasteiger partial charge in [0.15, 0.2) is 0 Å². The number of hydrogen-bond donors (Lipinski definition) is 0. The van der Waals surface area contributed by atoms with E-state index in [9.17, 15) is 0 Å². The third kappa shape index (κ3) is 4.98. The van der Waals surface area contributed by atoms with Crippen LogP contribution in [0.2, 0.25) is 0 Å². The van der Waals surface area contributed by atoms with E-state index in [0.717, 1.165) is 43.6 Å². The molecule has 7 heteroatoms. The van der Waals surface area contributed by atoms with Crippen molar-refractivity contribution in [3.63, 3.8) is 0 Å². The zero-order valence-corrected chi connectivity index (χ0v) is 19.2. The predicted molar refractivity (Wildman–Crippen MR) is 114 cm³/mol. The summed E-state index contributed by atoms with van der Waals surface area (Å²) in [5.74, 6) is 0. The Bertz CT molecular complexity index is 1220. The molecule has 2 aromatic carbocycles. The van der Waals surface area contributed by atoms with Gasteiger partial charge in [-0.2, -0.15) is 0 Å². The van der Waals surface area contributed by atoms with Gasteiger partial charge in [0.05, 0.1) is 22.1 Å². The van der Waals surface area contributed by atoms with E-state index in [1.807, 2.05) is 24.3 Å². The van der Waals surface area contributed by atoms with Gasteiger partial charge in [-0.3, -0.25) is 19.9 Å². The SMILES string of the molecule is [Cl-].[Cl-].[Pd+2].c1cnc2c(c1)ccc1cccnc12.c1cnc2c(c1)ccc1cccnc12. The molecule has 6 rings (SSSR count). The van der Waals surface area contributed by atoms with Crippen LogP contribution < -0.4 is 24.8 Å². The normalized spacial score (nSPS) is 9.81. The molecule has 0 radical (unpaired) electrons. The monoisotopic (exact) mass is 536 g/mol. The van der Waals surface area contributed by atoms with Crippen LogP contribution in [-0.4, -0.2) is 19.9 Å². The first kappa shape index (κ1) is 24.6. The van der Waals surface area contributed by atoms with E-state index >= 15 is 0 Å². The van der Waals surface area contributed by atoms with E-state index < -0.39 is 0 Å². The number of rotatable bonds is 0. The van der Waals surface area contributed by atoms with Gasteiger partial charge < -0.3 is 24.8 Å². The summed E-state index contributed by atoms with van der Waals surface area (Å²) < 4.78 is 0. The van der Waals surface area contributed by atoms with Crippen LogP contribution in [0, 0.1) is 0 Å². The third-order valence-electron chi connectivity index (χ3n) is 4.69. The summed E-state index contributed by atoms with van der Waals surface area (Å²) >= 11 is 0. The minimum Gasteiger partial charge on any atom is -1.00 e. The molecule has 6 aromatic rings. The Balaban J connectivity index is 0.000000201. The Morgan fingerprint density at radius 2 is 0.581 bits per heavy atom. The van der Waals surface area contributed by atoms with Crippen molar-refractivity contribution < 1.29 is 45.2 Å². The zero-order chi connectivity index (χ0) is 18.8. The summed E-state index contributed by atoms with van der Waals surface area (Å²) in [6, 6.07) is 24.3. The van der Waals surface area contributed by atoms with Crippen LogP contribution in [0.3, 0.4) is 0 Å². The molecule has 0 unspecified atom stereocenters. The second kappa shape index (κ2) is 11.1. The number of hydrogen-bond acceptors (Lipinski definition) is 4. The zero-order valence-electron chi connectivity index (χ0n) is 16.1. The molecule has 0 fully saturated rings. The minimum atomic E-state index is 0. The van der Waals surface area contributed by atoms with Crippen molar-refractivity contribution >= 4 is 43.6 Å². The first-order chi connectivity index (χ1) is 13.9. The summed E-state index contributed by atoms with van der Waals surface area (Å²) in [7, 11) is 0. The molecule has 0 aliphatic rings. The molecule has 0 aliphatic carbocycles. The Labute approximate surface area is 205 Å². The van der Waals surface area contributed by atoms with Crippen LogP contribution in [0.4, 0.5) is 0 Å². The van der Waals surface area contributed by atoms with Crippen LogP contribution in [0.25, 0.3) is 43.6 Å². The van der Waals surface area contributed by atoms with E-state index in [-0.39, 0.29) is 45.2 Å². The van der Waals surface area contributed by atoms with Crippen LogP contribution >= 0.6 is 0 Å². The average molecular weight is 538 g/mol. The van der Waals surface area contributed by atoms with Gasteiger partial charge in [0.25, 0.3) is 0 Å². The van der Waals surface area contributed by atoms with Crippen LogP contribution in [0.5, 0.6) is 0 Å². The maximum absolute atomic E-state index is 4.35. The fourth-order valence-corrected chi connectivity index (χ4v) is 3.36. The second-order valence-corrected chi connectivity index (χ2v) is 6.43. The predicted octanol–water partition coefficient (Wildman–Crippen LogP) is -0.428. The molecule has 0 aliphatic heterocycles. The van der Waals surface area contributed by atoms with Gasteiger partial charge in [0, 0.05) is 46.3 Å². The van der Waals surface area contributed by atoms with E-state index in [2.05, 4.69) is 68.5 Å². The van der Waals surface area contributed by atoms with Crippen molar-refractivity contribution in [2.45, 2.75) is 0 Å². The summed E-state index contributed by atoms with van der Waals surface area (Å²) in [6.07, 6.45) is 7.21. The van der Waals surface area contributed by atoms with Crippen LogP contribution in [0.1, 0.15) is 0 Å². The first-order valence-electron chi connectivity index (χ1n) is 9.07. The molecule has 0 amide bonds. The molecular formula is C24H16Cl2N4Pd. The summed E-state index contributed by atoms with van der Waals surface area (Å²) in [5, 5.41) is 4.55. The quantitative estimate of drug-likeness (QED) is 0.195. The van der Waals surface area contributed by atoms with Gasteiger partial charge in [0.2, 0.25) is 0 Å². The molecule has 4 heterocycles. The Morgan fingerprint density at radius 3 is 0.806 bits per heavy atom. The number of pyridine rings is 4. The van der Waals surface area contributed by atoms with Crippen molar-refractivity contribution in [1.82, 2.24) is 19.9 Å². The summed E-state index contributed by atoms with van der Waals surface area (Å²) in [6.45, 7) is 0. The van der Waals surface area contributed by atoms with E-state index in [1.54, 1.807) is 24.8 Å². The fourth-order valence-electron chi connectivity index (χ4n) is 3.36. The molecule has 0 N–H and O–H groups in total. The van der Waals surface area contributed by atoms with E-state index in [1.165, 1.54) is 0 Å². The fraction of sp³-hybridized carbons (Fsp3) is 0. The van der Waals surface area contributed by atoms with Gasteiger partial charge in [-0.05, 0) is 24.3 Å². The maximum Gasteiger partial charge on any atom is 2.00 e. The molecule has 0 spiro atoms. The summed E-state index contributed by atoms with van der Waals surface area (Å²) in [4.78, 5) is 17.4. The molecule has 4 nitrogen and oxygen atoms in total. The maximum atomic E-state index is 4.35. The Kier molecular flexibility index (Phi) is 8.79. The molecule has 31 heavy (non-hydrogen) atoms. The van der Waals surface area contributed by atoms with Gasteiger partial charge in [-0.25, -0.2) is 0 Å². The van der Waals surface area contributed by atoms with E-state index in [4.69, 9.17) is 0 Å². The van der Waals surface area contributed by atoms with Crippen LogP contribution in [0.15, 0.2) is 97.6 Å². The molecule has 156 valence electrons. The van der Waals surface area contributed by atoms with Crippen molar-refractivity contribution in [3.8, 4) is 0 Å². The second-order valence-electron chi connectivity index (χ2n) is 6.43. The summed E-state index contributed by atoms with van der Waals surface area (Å²) in [5.41, 5.74) is 3.91. The number of nitrogens with zero attached hydrogens (tertiary/aromatic N) is 4. The van der Waals surface area contributed by atoms with Crippen molar-refractivity contribution in [3.05, 3.63) is 97.6 Å². The third-order valence-corrected chi connectivity index (χ3v) is 4.69. The first-order valence-corrected chi connectivity index (χ1v) is 9.07. The van der Waals surface area contributed by atoms with Gasteiger partial charge in [0.1, 0.15) is 0 Å². The molecule has 0 saturated heterocycles. The topological polar surface area (TPSA) is 51.6 Å². The van der Waals surface area contributed by atoms with Crippen molar-refractivity contribution in [2.75, 3.05) is 0 Å². The van der Waals surface area contributed by atoms with Crippen molar-refractivity contribution in [2.24, 2.45) is 0 Å². The molecule has 0 atom stereocenters. The molecular weight excluding hydrogens is 522 g/mol.